The molecule has 1 unspecified atom stereocenters. The maximum Gasteiger partial charge on any atom is 0.426 e. The van der Waals surface area contributed by atoms with Crippen LogP contribution in [0.3, 0.4) is 0 Å². The van der Waals surface area contributed by atoms with Gasteiger partial charge in [-0.25, -0.2) is 19.2 Å². The van der Waals surface area contributed by atoms with E-state index in [1.54, 1.807) is 0 Å². The molecule has 2 aromatic carbocycles. The number of hydrogen-bond donors (Lipinski definition) is 2. The smallest absolute Gasteiger partial charge is 0.426 e. The number of alkyl carbamates (subject to hydrolysis) is 1. The van der Waals surface area contributed by atoms with Crippen molar-refractivity contribution in [3.63, 3.8) is 0 Å². The average molecular weight is 681 g/mol. The lowest BCUT2D eigenvalue weighted by atomic mass is 9.98. The topological polar surface area (TPSA) is 149 Å². The molecule has 0 bridgehead atoms. The molecule has 2 aromatic rings. The van der Waals surface area contributed by atoms with E-state index in [1.807, 2.05) is 48.5 Å². The minimum absolute atomic E-state index is 0.0200. The lowest BCUT2D eigenvalue weighted by Gasteiger charge is -2.20. The summed E-state index contributed by atoms with van der Waals surface area (Å²) in [6, 6.07) is 14.1. The van der Waals surface area contributed by atoms with Crippen LogP contribution < -0.4 is 5.32 Å². The van der Waals surface area contributed by atoms with E-state index in [1.165, 1.54) is 0 Å². The van der Waals surface area contributed by atoms with E-state index in [4.69, 9.17) is 14.2 Å². The van der Waals surface area contributed by atoms with Gasteiger partial charge in [0.2, 0.25) is 5.91 Å². The Morgan fingerprint density at radius 3 is 1.65 bits per heavy atom. The summed E-state index contributed by atoms with van der Waals surface area (Å²) in [6.45, 7) is 4.28. The molecule has 0 heterocycles. The number of hydrogen-bond acceptors (Lipinski definition) is 8. The Kier molecular flexibility index (Phi) is 17.2. The second-order valence-corrected chi connectivity index (χ2v) is 12.4. The minimum atomic E-state index is -1.51. The fraction of sp³-hybridized carbons (Fsp3) is 0.553. The van der Waals surface area contributed by atoms with Crippen LogP contribution in [0.25, 0.3) is 11.1 Å². The summed E-state index contributed by atoms with van der Waals surface area (Å²) in [5.41, 5.74) is 4.11. The number of rotatable bonds is 21. The van der Waals surface area contributed by atoms with E-state index < -0.39 is 49.0 Å². The number of carbonyl (C=O) groups excluding carboxylic acids is 4. The highest BCUT2D eigenvalue weighted by Crippen LogP contribution is 2.44. The number of carboxylic acids is 1. The van der Waals surface area contributed by atoms with Crippen LogP contribution in [-0.2, 0) is 23.8 Å². The van der Waals surface area contributed by atoms with Crippen LogP contribution in [0.4, 0.5) is 14.4 Å². The van der Waals surface area contributed by atoms with Crippen LogP contribution in [0, 0.1) is 0 Å². The van der Waals surface area contributed by atoms with Gasteiger partial charge in [-0.1, -0.05) is 127 Å². The number of imide groups is 3. The number of carbonyl (C=O) groups is 5. The Bertz CT molecular complexity index is 1300. The highest BCUT2D eigenvalue weighted by atomic mass is 16.6. The molecule has 1 aliphatic carbocycles. The zero-order chi connectivity index (χ0) is 35.4. The average Bonchev–Trinajstić information content (AvgIpc) is 3.41. The number of amides is 4. The molecule has 0 spiro atoms. The molecule has 0 radical (unpaired) electrons. The monoisotopic (exact) mass is 680 g/mol. The summed E-state index contributed by atoms with van der Waals surface area (Å²) in [5, 5.41) is 12.1. The van der Waals surface area contributed by atoms with Crippen molar-refractivity contribution >= 4 is 30.2 Å². The molecule has 49 heavy (non-hydrogen) atoms. The van der Waals surface area contributed by atoms with Crippen molar-refractivity contribution in [2.45, 2.75) is 116 Å². The zero-order valence-electron chi connectivity index (χ0n) is 29.0. The maximum absolute atomic E-state index is 13.2. The van der Waals surface area contributed by atoms with Gasteiger partial charge in [0, 0.05) is 12.3 Å². The Hall–Kier alpha value is -4.41. The Morgan fingerprint density at radius 2 is 1.16 bits per heavy atom. The van der Waals surface area contributed by atoms with Gasteiger partial charge in [-0.3, -0.25) is 4.79 Å². The predicted molar refractivity (Wildman–Crippen MR) is 185 cm³/mol. The van der Waals surface area contributed by atoms with E-state index in [9.17, 15) is 29.1 Å². The van der Waals surface area contributed by atoms with Crippen molar-refractivity contribution < 1.29 is 43.3 Å². The van der Waals surface area contributed by atoms with E-state index in [0.717, 1.165) is 86.5 Å². The second kappa shape index (κ2) is 21.5. The number of fused-ring (bicyclic) bond motifs is 3. The molecule has 0 fully saturated rings. The van der Waals surface area contributed by atoms with Crippen molar-refractivity contribution in [3.05, 3.63) is 59.7 Å². The second-order valence-electron chi connectivity index (χ2n) is 12.4. The molecule has 0 aromatic heterocycles. The molecule has 0 saturated carbocycles. The third kappa shape index (κ3) is 12.5. The number of nitrogens with zero attached hydrogens (tertiary/aromatic N) is 1. The maximum atomic E-state index is 13.2. The van der Waals surface area contributed by atoms with Crippen molar-refractivity contribution in [2.75, 3.05) is 19.8 Å². The van der Waals surface area contributed by atoms with Gasteiger partial charge in [-0.2, -0.15) is 0 Å². The number of benzene rings is 2. The highest BCUT2D eigenvalue weighted by molar-refractivity contribution is 6.06. The fourth-order valence-electron chi connectivity index (χ4n) is 5.91. The normalized spacial score (nSPS) is 12.4. The van der Waals surface area contributed by atoms with E-state index in [2.05, 4.69) is 19.2 Å². The molecular weight excluding hydrogens is 628 g/mol. The first-order valence-electron chi connectivity index (χ1n) is 17.8. The first kappa shape index (κ1) is 39.0. The molecule has 4 amide bonds. The Balaban J connectivity index is 1.55. The van der Waals surface area contributed by atoms with Crippen LogP contribution in [0.2, 0.25) is 0 Å². The summed E-state index contributed by atoms with van der Waals surface area (Å²) in [6.07, 6.45) is 7.20. The largest absolute Gasteiger partial charge is 0.480 e. The van der Waals surface area contributed by atoms with Crippen LogP contribution >= 0.6 is 0 Å². The van der Waals surface area contributed by atoms with Crippen LogP contribution in [0.1, 0.15) is 121 Å². The van der Waals surface area contributed by atoms with Gasteiger partial charge in [0.25, 0.3) is 0 Å². The van der Waals surface area contributed by atoms with Gasteiger partial charge in [0.15, 0.2) is 0 Å². The van der Waals surface area contributed by atoms with E-state index >= 15 is 0 Å². The van der Waals surface area contributed by atoms with Crippen molar-refractivity contribution in [2.24, 2.45) is 0 Å². The molecule has 0 saturated heterocycles. The van der Waals surface area contributed by atoms with Gasteiger partial charge in [0.05, 0.1) is 13.2 Å². The number of aliphatic carboxylic acids is 1. The number of ether oxygens (including phenoxy) is 3. The number of carboxylic acid groups (broad SMARTS) is 1. The SMILES string of the molecule is CCCCCCCCOC(=O)N(C(=O)CCC(NC(=O)OCC1c2ccccc2-c2ccccc21)C(=O)O)C(=O)OCCCCCCCC. The fourth-order valence-corrected chi connectivity index (χ4v) is 5.91. The van der Waals surface area contributed by atoms with Gasteiger partial charge >= 0.3 is 24.2 Å². The lowest BCUT2D eigenvalue weighted by Crippen LogP contribution is -2.45. The van der Waals surface area contributed by atoms with Crippen LogP contribution in [-0.4, -0.2) is 66.0 Å². The van der Waals surface area contributed by atoms with Gasteiger partial charge in [0.1, 0.15) is 12.6 Å². The first-order chi connectivity index (χ1) is 23.8. The van der Waals surface area contributed by atoms with Crippen LogP contribution in [0.5, 0.6) is 0 Å². The summed E-state index contributed by atoms with van der Waals surface area (Å²) in [5.74, 6) is -2.60. The molecule has 3 rings (SSSR count). The van der Waals surface area contributed by atoms with Crippen molar-refractivity contribution in [3.8, 4) is 11.1 Å². The summed E-state index contributed by atoms with van der Waals surface area (Å²) >= 11 is 0. The number of nitrogens with one attached hydrogen (secondary N) is 1. The highest BCUT2D eigenvalue weighted by Gasteiger charge is 2.34. The molecule has 1 atom stereocenters. The molecule has 11 nitrogen and oxygen atoms in total. The van der Waals surface area contributed by atoms with E-state index in [-0.39, 0.29) is 25.7 Å². The first-order valence-corrected chi connectivity index (χ1v) is 17.8. The quantitative estimate of drug-likeness (QED) is 0.0977. The van der Waals surface area contributed by atoms with Crippen molar-refractivity contribution in [1.29, 1.82) is 0 Å². The molecule has 0 aliphatic heterocycles. The zero-order valence-corrected chi connectivity index (χ0v) is 29.0. The Morgan fingerprint density at radius 1 is 0.694 bits per heavy atom. The lowest BCUT2D eigenvalue weighted by molar-refractivity contribution is -0.139. The van der Waals surface area contributed by atoms with Gasteiger partial charge < -0.3 is 24.6 Å². The summed E-state index contributed by atoms with van der Waals surface area (Å²) < 4.78 is 15.9. The van der Waals surface area contributed by atoms with Gasteiger partial charge in [-0.15, -0.1) is 4.90 Å². The van der Waals surface area contributed by atoms with Crippen molar-refractivity contribution in [1.82, 2.24) is 10.2 Å². The summed E-state index contributed by atoms with van der Waals surface area (Å²) in [4.78, 5) is 64.0. The van der Waals surface area contributed by atoms with Crippen LogP contribution in [0.15, 0.2) is 48.5 Å². The predicted octanol–water partition coefficient (Wildman–Crippen LogP) is 8.58. The molecule has 268 valence electrons. The number of unbranched alkanes of at least 4 members (excludes halogenated alkanes) is 10. The van der Waals surface area contributed by atoms with Gasteiger partial charge in [-0.05, 0) is 41.5 Å². The van der Waals surface area contributed by atoms with E-state index in [0.29, 0.717) is 17.7 Å². The molecule has 1 aliphatic rings. The molecule has 11 heteroatoms. The summed E-state index contributed by atoms with van der Waals surface area (Å²) in [7, 11) is 0. The standard InChI is InChI=1S/C38H52N2O9/c1-3-5-7-9-11-17-25-47-37(45)40(38(46)48-26-18-12-10-8-6-4-2)34(41)24-23-33(35(42)43)39-36(44)49-27-32-30-21-15-13-19-28(30)29-20-14-16-22-31(29)32/h13-16,19-22,32-33H,3-12,17-18,23-27H2,1-2H3,(H,39,44)(H,42,43). The third-order valence-corrected chi connectivity index (χ3v) is 8.64. The Labute approximate surface area is 289 Å². The minimum Gasteiger partial charge on any atom is -0.480 e. The molecular formula is C38H52N2O9. The third-order valence-electron chi connectivity index (χ3n) is 8.64. The molecule has 2 N–H and O–H groups in total.